The number of nitrogens with two attached hydrogens (primary N) is 1. The van der Waals surface area contributed by atoms with Gasteiger partial charge in [0.25, 0.3) is 5.91 Å². The molecule has 0 radical (unpaired) electrons. The number of amides is 1. The van der Waals surface area contributed by atoms with Crippen LogP contribution < -0.4 is 11.2 Å². The van der Waals surface area contributed by atoms with Crippen LogP contribution in [0, 0.1) is 0 Å². The van der Waals surface area contributed by atoms with Crippen molar-refractivity contribution in [3.8, 4) is 5.82 Å². The van der Waals surface area contributed by atoms with Crippen LogP contribution >= 0.6 is 23.2 Å². The molecule has 3 N–H and O–H groups in total. The summed E-state index contributed by atoms with van der Waals surface area (Å²) >= 11 is 12.0. The third-order valence-electron chi connectivity index (χ3n) is 4.27. The Labute approximate surface area is 181 Å². The Bertz CT molecular complexity index is 1060. The molecule has 0 fully saturated rings. The van der Waals surface area contributed by atoms with Crippen LogP contribution in [-0.4, -0.2) is 55.4 Å². The molecule has 0 saturated heterocycles. The van der Waals surface area contributed by atoms with E-state index in [0.717, 1.165) is 13.1 Å². The quantitative estimate of drug-likeness (QED) is 0.391. The average Bonchev–Trinajstić information content (AvgIpc) is 3.33. The van der Waals surface area contributed by atoms with Gasteiger partial charge in [0.05, 0.1) is 16.9 Å². The van der Waals surface area contributed by atoms with E-state index in [1.165, 1.54) is 10.9 Å². The lowest BCUT2D eigenvalue weighted by atomic mass is 10.2. The van der Waals surface area contributed by atoms with Crippen molar-refractivity contribution >= 4 is 41.1 Å². The Morgan fingerprint density at radius 3 is 2.73 bits per heavy atom. The van der Waals surface area contributed by atoms with Gasteiger partial charge in [-0.1, -0.05) is 48.3 Å². The normalized spacial score (nSPS) is 11.5. The van der Waals surface area contributed by atoms with E-state index in [2.05, 4.69) is 40.7 Å². The minimum Gasteiger partial charge on any atom is -0.378 e. The summed E-state index contributed by atoms with van der Waals surface area (Å²) in [7, 11) is 0. The molecule has 0 aliphatic carbocycles. The number of benzene rings is 1. The van der Waals surface area contributed by atoms with Gasteiger partial charge in [0.1, 0.15) is 0 Å². The largest absolute Gasteiger partial charge is 0.378 e. The summed E-state index contributed by atoms with van der Waals surface area (Å²) in [4.78, 5) is 14.8. The van der Waals surface area contributed by atoms with Crippen LogP contribution in [0.3, 0.4) is 0 Å². The number of nitrogens with zero attached hydrogens (tertiary/aromatic N) is 7. The molecule has 2 heterocycles. The topological polar surface area (TPSA) is 140 Å². The Morgan fingerprint density at radius 2 is 2.10 bits per heavy atom. The van der Waals surface area contributed by atoms with Crippen LogP contribution in [0.4, 0.5) is 5.82 Å². The number of carbonyl (C=O) groups excluding carboxylic acids is 1. The average molecular weight is 452 g/mol. The number of nitrogens with one attached hydrogen (secondary N) is 1. The monoisotopic (exact) mass is 451 g/mol. The second kappa shape index (κ2) is 9.65. The van der Waals surface area contributed by atoms with Crippen LogP contribution in [0.2, 0.25) is 10.0 Å². The Balaban J connectivity index is 1.86. The number of nitrogen functional groups attached to an aromatic ring is 1. The van der Waals surface area contributed by atoms with Gasteiger partial charge >= 0.3 is 0 Å². The summed E-state index contributed by atoms with van der Waals surface area (Å²) < 4.78 is 5.97. The van der Waals surface area contributed by atoms with Crippen molar-refractivity contribution in [1.82, 2.24) is 35.6 Å². The number of carbonyl (C=O) groups is 1. The lowest BCUT2D eigenvalue weighted by molar-refractivity contribution is 0.0948. The fourth-order valence-corrected chi connectivity index (χ4v) is 3.06. The van der Waals surface area contributed by atoms with Crippen LogP contribution in [0.15, 0.2) is 27.9 Å². The van der Waals surface area contributed by atoms with Crippen molar-refractivity contribution < 1.29 is 9.42 Å². The first kappa shape index (κ1) is 21.7. The van der Waals surface area contributed by atoms with Gasteiger partial charge in [-0.25, -0.2) is 10.1 Å². The lowest BCUT2D eigenvalue weighted by Crippen LogP contribution is -2.27. The molecule has 3 rings (SSSR count). The standard InChI is InChI=1S/C17H19Cl2N9O2/c1-3-27(4-2)9-13-14(22-26-28(13)16-15(20)24-30-25-16)17(29)23-21-8-10-5-6-11(18)7-12(10)19/h5-8H,3-4,9H2,1-2H3,(H2,20,24)(H,23,29)/b21-8-. The summed E-state index contributed by atoms with van der Waals surface area (Å²) in [5.41, 5.74) is 9.34. The fraction of sp³-hybridized carbons (Fsp3) is 0.294. The zero-order chi connectivity index (χ0) is 21.7. The smallest absolute Gasteiger partial charge is 0.293 e. The maximum Gasteiger partial charge on any atom is 0.293 e. The van der Waals surface area contributed by atoms with Gasteiger partial charge in [-0.2, -0.15) is 9.78 Å². The van der Waals surface area contributed by atoms with E-state index in [9.17, 15) is 4.79 Å². The molecule has 0 bridgehead atoms. The number of hydrogen-bond acceptors (Lipinski definition) is 9. The number of hydrogen-bond donors (Lipinski definition) is 2. The van der Waals surface area contributed by atoms with Gasteiger partial charge in [-0.05, 0) is 35.5 Å². The first-order chi connectivity index (χ1) is 14.4. The molecule has 0 unspecified atom stereocenters. The van der Waals surface area contributed by atoms with E-state index in [4.69, 9.17) is 28.9 Å². The summed E-state index contributed by atoms with van der Waals surface area (Å²) in [6, 6.07) is 4.93. The zero-order valence-corrected chi connectivity index (χ0v) is 17.7. The predicted octanol–water partition coefficient (Wildman–Crippen LogP) is 2.15. The lowest BCUT2D eigenvalue weighted by Gasteiger charge is -2.18. The fourth-order valence-electron chi connectivity index (χ4n) is 2.61. The Morgan fingerprint density at radius 1 is 1.33 bits per heavy atom. The summed E-state index contributed by atoms with van der Waals surface area (Å²) in [6.07, 6.45) is 1.41. The van der Waals surface area contributed by atoms with E-state index in [1.54, 1.807) is 18.2 Å². The predicted molar refractivity (Wildman–Crippen MR) is 112 cm³/mol. The molecule has 1 amide bonds. The van der Waals surface area contributed by atoms with Crippen molar-refractivity contribution in [2.75, 3.05) is 18.8 Å². The maximum absolute atomic E-state index is 12.7. The van der Waals surface area contributed by atoms with E-state index in [1.807, 2.05) is 13.8 Å². The van der Waals surface area contributed by atoms with Crippen molar-refractivity contribution in [3.63, 3.8) is 0 Å². The molecule has 0 spiro atoms. The number of anilines is 1. The highest BCUT2D eigenvalue weighted by Gasteiger charge is 2.24. The van der Waals surface area contributed by atoms with Gasteiger partial charge < -0.3 is 5.73 Å². The SMILES string of the molecule is CCN(CC)Cc1c(C(=O)N/N=C\c2ccc(Cl)cc2Cl)nnn1-c1nonc1N. The third kappa shape index (κ3) is 4.75. The van der Waals surface area contributed by atoms with Crippen molar-refractivity contribution in [2.45, 2.75) is 20.4 Å². The van der Waals surface area contributed by atoms with Crippen LogP contribution in [-0.2, 0) is 6.54 Å². The summed E-state index contributed by atoms with van der Waals surface area (Å²) in [5.74, 6) is -0.372. The van der Waals surface area contributed by atoms with Gasteiger partial charge in [0.15, 0.2) is 5.69 Å². The summed E-state index contributed by atoms with van der Waals surface area (Å²) in [5, 5.41) is 20.1. The van der Waals surface area contributed by atoms with Crippen molar-refractivity contribution in [3.05, 3.63) is 45.2 Å². The third-order valence-corrected chi connectivity index (χ3v) is 4.84. The van der Waals surface area contributed by atoms with Gasteiger partial charge in [0, 0.05) is 17.1 Å². The molecule has 0 saturated carbocycles. The van der Waals surface area contributed by atoms with E-state index in [0.29, 0.717) is 27.8 Å². The first-order valence-electron chi connectivity index (χ1n) is 8.98. The van der Waals surface area contributed by atoms with Gasteiger partial charge in [-0.3, -0.25) is 9.69 Å². The molecule has 158 valence electrons. The second-order valence-corrected chi connectivity index (χ2v) is 6.94. The molecule has 1 aromatic carbocycles. The molecular weight excluding hydrogens is 433 g/mol. The van der Waals surface area contributed by atoms with E-state index < -0.39 is 5.91 Å². The Kier molecular flexibility index (Phi) is 6.98. The number of aromatic nitrogens is 5. The Hall–Kier alpha value is -3.02. The number of rotatable bonds is 8. The highest BCUT2D eigenvalue weighted by molar-refractivity contribution is 6.36. The molecule has 0 aliphatic rings. The minimum absolute atomic E-state index is 0.0306. The molecule has 2 aromatic heterocycles. The van der Waals surface area contributed by atoms with Crippen LogP contribution in [0.25, 0.3) is 5.82 Å². The van der Waals surface area contributed by atoms with Gasteiger partial charge in [-0.15, -0.1) is 5.10 Å². The molecule has 30 heavy (non-hydrogen) atoms. The number of hydrazone groups is 1. The highest BCUT2D eigenvalue weighted by atomic mass is 35.5. The second-order valence-electron chi connectivity index (χ2n) is 6.10. The van der Waals surface area contributed by atoms with Crippen molar-refractivity contribution in [2.24, 2.45) is 5.10 Å². The maximum atomic E-state index is 12.7. The van der Waals surface area contributed by atoms with Crippen LogP contribution in [0.1, 0.15) is 35.6 Å². The highest BCUT2D eigenvalue weighted by Crippen LogP contribution is 2.20. The molecule has 13 heteroatoms. The summed E-state index contributed by atoms with van der Waals surface area (Å²) in [6.45, 7) is 5.89. The molecule has 3 aromatic rings. The van der Waals surface area contributed by atoms with Crippen molar-refractivity contribution in [1.29, 1.82) is 0 Å². The van der Waals surface area contributed by atoms with Crippen LogP contribution in [0.5, 0.6) is 0 Å². The zero-order valence-electron chi connectivity index (χ0n) is 16.2. The minimum atomic E-state index is -0.556. The molecule has 0 aliphatic heterocycles. The van der Waals surface area contributed by atoms with Gasteiger partial charge in [0.2, 0.25) is 11.6 Å². The van der Waals surface area contributed by atoms with E-state index in [-0.39, 0.29) is 17.3 Å². The molecule has 0 atom stereocenters. The molecular formula is C17H19Cl2N9O2. The first-order valence-corrected chi connectivity index (χ1v) is 9.73. The van der Waals surface area contributed by atoms with E-state index >= 15 is 0 Å². The molecule has 11 nitrogen and oxygen atoms in total. The number of halogens is 2.